The first kappa shape index (κ1) is 18.9. The molecular formula is C23H26N2O2S. The second-order valence-corrected chi connectivity index (χ2v) is 8.40. The van der Waals surface area contributed by atoms with Crippen LogP contribution in [0.25, 0.3) is 11.5 Å². The molecule has 1 aliphatic rings. The third-order valence-corrected chi connectivity index (χ3v) is 6.27. The molecule has 2 heterocycles. The maximum absolute atomic E-state index is 12.7. The molecule has 0 radical (unpaired) electrons. The van der Waals surface area contributed by atoms with Gasteiger partial charge in [0.1, 0.15) is 5.76 Å². The lowest BCUT2D eigenvalue weighted by atomic mass is 9.80. The number of hydrogen-bond donors (Lipinski definition) is 1. The number of rotatable bonds is 6. The maximum Gasteiger partial charge on any atom is 0.227 e. The number of nitrogens with one attached hydrogen (secondary N) is 1. The van der Waals surface area contributed by atoms with Gasteiger partial charge in [0, 0.05) is 17.0 Å². The summed E-state index contributed by atoms with van der Waals surface area (Å²) in [4.78, 5) is 17.3. The number of thiophene rings is 1. The van der Waals surface area contributed by atoms with Crippen LogP contribution >= 0.6 is 11.3 Å². The molecule has 4 rings (SSSR count). The number of carbonyl (C=O) groups is 1. The summed E-state index contributed by atoms with van der Waals surface area (Å²) in [6.07, 6.45) is 5.95. The zero-order valence-electron chi connectivity index (χ0n) is 16.2. The molecular weight excluding hydrogens is 368 g/mol. The van der Waals surface area contributed by atoms with Crippen LogP contribution in [0.2, 0.25) is 0 Å². The lowest BCUT2D eigenvalue weighted by Gasteiger charge is -2.32. The van der Waals surface area contributed by atoms with E-state index < -0.39 is 0 Å². The van der Waals surface area contributed by atoms with Crippen LogP contribution < -0.4 is 5.32 Å². The van der Waals surface area contributed by atoms with Crippen LogP contribution in [0, 0.1) is 12.8 Å². The topological polar surface area (TPSA) is 55.1 Å². The average Bonchev–Trinajstić information content (AvgIpc) is 3.35. The van der Waals surface area contributed by atoms with Crippen molar-refractivity contribution in [2.45, 2.75) is 51.5 Å². The molecule has 2 atom stereocenters. The molecule has 0 bridgehead atoms. The SMILES string of the molecule is Cc1oc(-c2ccsc2)nc1CC(=O)NC1CCCCC1Cc1ccccc1. The highest BCUT2D eigenvalue weighted by atomic mass is 32.1. The van der Waals surface area contributed by atoms with Gasteiger partial charge in [-0.2, -0.15) is 11.3 Å². The first-order chi connectivity index (χ1) is 13.7. The van der Waals surface area contributed by atoms with Crippen LogP contribution in [0.15, 0.2) is 51.6 Å². The van der Waals surface area contributed by atoms with Crippen molar-refractivity contribution in [2.75, 3.05) is 0 Å². The Morgan fingerprint density at radius 1 is 1.21 bits per heavy atom. The number of amides is 1. The Morgan fingerprint density at radius 2 is 2.04 bits per heavy atom. The molecule has 1 aromatic carbocycles. The van der Waals surface area contributed by atoms with Gasteiger partial charge in [0.05, 0.1) is 12.1 Å². The van der Waals surface area contributed by atoms with Gasteiger partial charge in [-0.15, -0.1) is 0 Å². The molecule has 1 N–H and O–H groups in total. The first-order valence-corrected chi connectivity index (χ1v) is 11.0. The number of aromatic nitrogens is 1. The standard InChI is InChI=1S/C23H26N2O2S/c1-16-21(25-23(27-16)19-11-12-28-15-19)14-22(26)24-20-10-6-5-9-18(20)13-17-7-3-2-4-8-17/h2-4,7-8,11-12,15,18,20H,5-6,9-10,13-14H2,1H3,(H,24,26). The van der Waals surface area contributed by atoms with Crippen molar-refractivity contribution in [3.8, 4) is 11.5 Å². The average molecular weight is 395 g/mol. The number of benzene rings is 1. The third kappa shape index (κ3) is 4.53. The van der Waals surface area contributed by atoms with Gasteiger partial charge in [-0.1, -0.05) is 43.2 Å². The normalized spacial score (nSPS) is 19.5. The Hall–Kier alpha value is -2.40. The van der Waals surface area contributed by atoms with Gasteiger partial charge in [0.15, 0.2) is 0 Å². The Labute approximate surface area is 170 Å². The molecule has 1 saturated carbocycles. The zero-order chi connectivity index (χ0) is 19.3. The van der Waals surface area contributed by atoms with Gasteiger partial charge in [-0.3, -0.25) is 4.79 Å². The zero-order valence-corrected chi connectivity index (χ0v) is 17.0. The fourth-order valence-electron chi connectivity index (χ4n) is 4.07. The summed E-state index contributed by atoms with van der Waals surface area (Å²) in [6, 6.07) is 12.8. The van der Waals surface area contributed by atoms with E-state index >= 15 is 0 Å². The quantitative estimate of drug-likeness (QED) is 0.627. The van der Waals surface area contributed by atoms with Crippen molar-refractivity contribution in [3.63, 3.8) is 0 Å². The Balaban J connectivity index is 1.39. The van der Waals surface area contributed by atoms with E-state index in [2.05, 4.69) is 34.6 Å². The largest absolute Gasteiger partial charge is 0.441 e. The number of aryl methyl sites for hydroxylation is 1. The van der Waals surface area contributed by atoms with Crippen LogP contribution in [0.4, 0.5) is 0 Å². The molecule has 4 nitrogen and oxygen atoms in total. The Bertz CT molecular complexity index is 902. The summed E-state index contributed by atoms with van der Waals surface area (Å²) in [5.41, 5.74) is 3.05. The summed E-state index contributed by atoms with van der Waals surface area (Å²) in [6.45, 7) is 1.88. The summed E-state index contributed by atoms with van der Waals surface area (Å²) < 4.78 is 5.77. The fraction of sp³-hybridized carbons (Fsp3) is 0.391. The Morgan fingerprint density at radius 3 is 2.82 bits per heavy atom. The van der Waals surface area contributed by atoms with Crippen LogP contribution in [-0.4, -0.2) is 16.9 Å². The van der Waals surface area contributed by atoms with E-state index in [1.165, 1.54) is 24.8 Å². The number of hydrogen-bond acceptors (Lipinski definition) is 4. The minimum atomic E-state index is 0.0400. The molecule has 1 amide bonds. The highest BCUT2D eigenvalue weighted by molar-refractivity contribution is 7.08. The summed E-state index contributed by atoms with van der Waals surface area (Å²) in [5.74, 6) is 1.86. The second-order valence-electron chi connectivity index (χ2n) is 7.62. The molecule has 0 spiro atoms. The molecule has 1 fully saturated rings. The van der Waals surface area contributed by atoms with E-state index in [-0.39, 0.29) is 18.4 Å². The third-order valence-electron chi connectivity index (χ3n) is 5.58. The van der Waals surface area contributed by atoms with E-state index in [1.807, 2.05) is 29.8 Å². The van der Waals surface area contributed by atoms with Crippen molar-refractivity contribution in [2.24, 2.45) is 5.92 Å². The highest BCUT2D eigenvalue weighted by Crippen LogP contribution is 2.28. The number of nitrogens with zero attached hydrogens (tertiary/aromatic N) is 1. The lowest BCUT2D eigenvalue weighted by Crippen LogP contribution is -2.43. The Kier molecular flexibility index (Phi) is 5.91. The molecule has 5 heteroatoms. The van der Waals surface area contributed by atoms with E-state index in [4.69, 9.17) is 4.42 Å². The molecule has 2 unspecified atom stereocenters. The summed E-state index contributed by atoms with van der Waals surface area (Å²) in [5, 5.41) is 7.29. The van der Waals surface area contributed by atoms with Crippen LogP contribution in [0.5, 0.6) is 0 Å². The molecule has 2 aromatic heterocycles. The van der Waals surface area contributed by atoms with Gasteiger partial charge in [0.2, 0.25) is 11.8 Å². The predicted molar refractivity (Wildman–Crippen MR) is 112 cm³/mol. The second kappa shape index (κ2) is 8.74. The monoisotopic (exact) mass is 394 g/mol. The first-order valence-electron chi connectivity index (χ1n) is 10.0. The predicted octanol–water partition coefficient (Wildman–Crippen LogP) is 5.17. The van der Waals surface area contributed by atoms with Gasteiger partial charge in [-0.05, 0) is 49.1 Å². The summed E-state index contributed by atoms with van der Waals surface area (Å²) >= 11 is 1.61. The summed E-state index contributed by atoms with van der Waals surface area (Å²) in [7, 11) is 0. The molecule has 0 aliphatic heterocycles. The van der Waals surface area contributed by atoms with E-state index in [0.29, 0.717) is 11.8 Å². The van der Waals surface area contributed by atoms with Gasteiger partial charge < -0.3 is 9.73 Å². The maximum atomic E-state index is 12.7. The van der Waals surface area contributed by atoms with Crippen molar-refractivity contribution in [3.05, 3.63) is 64.2 Å². The van der Waals surface area contributed by atoms with Crippen LogP contribution in [0.3, 0.4) is 0 Å². The minimum absolute atomic E-state index is 0.0400. The van der Waals surface area contributed by atoms with Gasteiger partial charge >= 0.3 is 0 Å². The van der Waals surface area contributed by atoms with Crippen LogP contribution in [-0.2, 0) is 17.6 Å². The van der Waals surface area contributed by atoms with Gasteiger partial charge in [0.25, 0.3) is 0 Å². The van der Waals surface area contributed by atoms with Crippen molar-refractivity contribution in [1.29, 1.82) is 0 Å². The minimum Gasteiger partial charge on any atom is -0.441 e. The van der Waals surface area contributed by atoms with Crippen molar-refractivity contribution in [1.82, 2.24) is 10.3 Å². The number of oxazole rings is 1. The van der Waals surface area contributed by atoms with Crippen LogP contribution in [0.1, 0.15) is 42.7 Å². The molecule has 0 saturated heterocycles. The molecule has 28 heavy (non-hydrogen) atoms. The van der Waals surface area contributed by atoms with Gasteiger partial charge in [-0.25, -0.2) is 4.98 Å². The molecule has 1 aliphatic carbocycles. The van der Waals surface area contributed by atoms with E-state index in [1.54, 1.807) is 11.3 Å². The van der Waals surface area contributed by atoms with Crippen molar-refractivity contribution < 1.29 is 9.21 Å². The van der Waals surface area contributed by atoms with E-state index in [0.717, 1.165) is 29.9 Å². The number of carbonyl (C=O) groups excluding carboxylic acids is 1. The fourth-order valence-corrected chi connectivity index (χ4v) is 4.70. The van der Waals surface area contributed by atoms with E-state index in [9.17, 15) is 4.79 Å². The molecule has 3 aromatic rings. The smallest absolute Gasteiger partial charge is 0.227 e. The lowest BCUT2D eigenvalue weighted by molar-refractivity contribution is -0.121. The van der Waals surface area contributed by atoms with Crippen molar-refractivity contribution >= 4 is 17.2 Å². The highest BCUT2D eigenvalue weighted by Gasteiger charge is 2.27. The molecule has 146 valence electrons.